The van der Waals surface area contributed by atoms with E-state index < -0.39 is 5.97 Å². The van der Waals surface area contributed by atoms with Gasteiger partial charge in [0.1, 0.15) is 5.69 Å². The zero-order valence-corrected chi connectivity index (χ0v) is 10.5. The summed E-state index contributed by atoms with van der Waals surface area (Å²) in [5.74, 6) is -1.43. The normalized spacial score (nSPS) is 9.89. The maximum atomic E-state index is 11.6. The summed E-state index contributed by atoms with van der Waals surface area (Å²) in [6.07, 6.45) is 3.76. The Morgan fingerprint density at radius 1 is 1.42 bits per heavy atom. The van der Waals surface area contributed by atoms with E-state index in [0.717, 1.165) is 6.42 Å². The molecular formula is C13H16N2O4. The highest BCUT2D eigenvalue weighted by Crippen LogP contribution is 2.00. The molecule has 2 N–H and O–H groups in total. The van der Waals surface area contributed by atoms with Gasteiger partial charge in [-0.3, -0.25) is 4.79 Å². The lowest BCUT2D eigenvalue weighted by Gasteiger charge is -2.05. The maximum Gasteiger partial charge on any atom is 0.354 e. The summed E-state index contributed by atoms with van der Waals surface area (Å²) in [5, 5.41) is 11.3. The average Bonchev–Trinajstić information content (AvgIpc) is 2.42. The van der Waals surface area contributed by atoms with Crippen molar-refractivity contribution in [3.05, 3.63) is 42.2 Å². The lowest BCUT2D eigenvalue weighted by atomic mass is 10.2. The molecule has 1 amide bonds. The topological polar surface area (TPSA) is 88.5 Å². The third kappa shape index (κ3) is 5.31. The van der Waals surface area contributed by atoms with E-state index in [4.69, 9.17) is 9.84 Å². The predicted octanol–water partition coefficient (Wildman–Crippen LogP) is 1.10. The van der Waals surface area contributed by atoms with Gasteiger partial charge < -0.3 is 15.2 Å². The van der Waals surface area contributed by atoms with Crippen molar-refractivity contribution in [1.29, 1.82) is 0 Å². The van der Waals surface area contributed by atoms with Crippen LogP contribution >= 0.6 is 0 Å². The molecule has 0 bridgehead atoms. The average molecular weight is 264 g/mol. The fourth-order valence-electron chi connectivity index (χ4n) is 1.26. The zero-order chi connectivity index (χ0) is 14.1. The van der Waals surface area contributed by atoms with Crippen molar-refractivity contribution in [2.45, 2.75) is 6.42 Å². The van der Waals surface area contributed by atoms with Crippen LogP contribution in [0.1, 0.15) is 27.3 Å². The minimum absolute atomic E-state index is 0.0932. The smallest absolute Gasteiger partial charge is 0.354 e. The van der Waals surface area contributed by atoms with E-state index in [1.807, 2.05) is 0 Å². The van der Waals surface area contributed by atoms with Gasteiger partial charge in [0.25, 0.3) is 5.91 Å². The van der Waals surface area contributed by atoms with Crippen molar-refractivity contribution in [2.24, 2.45) is 0 Å². The second kappa shape index (κ2) is 7.99. The highest BCUT2D eigenvalue weighted by atomic mass is 16.5. The number of hydrogen-bond acceptors (Lipinski definition) is 4. The Hall–Kier alpha value is -2.21. The van der Waals surface area contributed by atoms with Crippen LogP contribution in [-0.4, -0.2) is 41.7 Å². The van der Waals surface area contributed by atoms with Gasteiger partial charge in [-0.05, 0) is 18.6 Å². The minimum Gasteiger partial charge on any atom is -0.477 e. The molecule has 1 heterocycles. The molecule has 1 aromatic rings. The number of aromatic carboxylic acids is 1. The first kappa shape index (κ1) is 14.8. The molecule has 19 heavy (non-hydrogen) atoms. The molecule has 0 spiro atoms. The first-order valence-electron chi connectivity index (χ1n) is 5.81. The van der Waals surface area contributed by atoms with Gasteiger partial charge in [0.05, 0.1) is 18.8 Å². The molecule has 0 aliphatic rings. The van der Waals surface area contributed by atoms with Gasteiger partial charge in [-0.25, -0.2) is 9.78 Å². The largest absolute Gasteiger partial charge is 0.477 e. The Bertz CT molecular complexity index is 442. The first-order valence-corrected chi connectivity index (χ1v) is 5.81. The molecule has 0 aromatic carbocycles. The summed E-state index contributed by atoms with van der Waals surface area (Å²) in [4.78, 5) is 25.9. The minimum atomic E-state index is -1.12. The van der Waals surface area contributed by atoms with Gasteiger partial charge in [-0.1, -0.05) is 6.08 Å². The van der Waals surface area contributed by atoms with E-state index in [9.17, 15) is 9.59 Å². The van der Waals surface area contributed by atoms with Gasteiger partial charge >= 0.3 is 5.97 Å². The molecule has 0 unspecified atom stereocenters. The molecule has 0 fully saturated rings. The number of rotatable bonds is 8. The SMILES string of the molecule is C=CCCOCCNC(=O)c1ccc(C(=O)O)nc1. The number of nitrogens with one attached hydrogen (secondary N) is 1. The molecular weight excluding hydrogens is 248 g/mol. The van der Waals surface area contributed by atoms with Crippen LogP contribution in [0.4, 0.5) is 0 Å². The molecule has 1 aromatic heterocycles. The molecule has 0 aliphatic heterocycles. The number of pyridine rings is 1. The van der Waals surface area contributed by atoms with Gasteiger partial charge in [-0.15, -0.1) is 6.58 Å². The van der Waals surface area contributed by atoms with Crippen LogP contribution in [0, 0.1) is 0 Å². The number of hydrogen-bond donors (Lipinski definition) is 2. The second-order valence-electron chi connectivity index (χ2n) is 3.68. The summed E-state index contributed by atoms with van der Waals surface area (Å²) < 4.78 is 5.23. The Kier molecular flexibility index (Phi) is 6.25. The highest BCUT2D eigenvalue weighted by molar-refractivity contribution is 5.94. The van der Waals surface area contributed by atoms with Crippen LogP contribution in [0.3, 0.4) is 0 Å². The second-order valence-corrected chi connectivity index (χ2v) is 3.68. The Morgan fingerprint density at radius 2 is 2.21 bits per heavy atom. The van der Waals surface area contributed by atoms with Crippen LogP contribution in [-0.2, 0) is 4.74 Å². The zero-order valence-electron chi connectivity index (χ0n) is 10.5. The molecule has 0 saturated heterocycles. The van der Waals surface area contributed by atoms with E-state index in [-0.39, 0.29) is 11.6 Å². The number of ether oxygens (including phenoxy) is 1. The molecule has 0 saturated carbocycles. The van der Waals surface area contributed by atoms with E-state index in [1.165, 1.54) is 18.3 Å². The molecule has 1 rings (SSSR count). The molecule has 0 atom stereocenters. The summed E-state index contributed by atoms with van der Waals surface area (Å²) >= 11 is 0. The summed E-state index contributed by atoms with van der Waals surface area (Å²) in [6.45, 7) is 4.95. The van der Waals surface area contributed by atoms with E-state index in [0.29, 0.717) is 25.3 Å². The van der Waals surface area contributed by atoms with Crippen molar-refractivity contribution in [3.8, 4) is 0 Å². The highest BCUT2D eigenvalue weighted by Gasteiger charge is 2.08. The van der Waals surface area contributed by atoms with Crippen molar-refractivity contribution in [2.75, 3.05) is 19.8 Å². The standard InChI is InChI=1S/C13H16N2O4/c1-2-3-7-19-8-6-14-12(16)10-4-5-11(13(17)18)15-9-10/h2,4-5,9H,1,3,6-8H2,(H,14,16)(H,17,18). The number of amides is 1. The molecule has 0 radical (unpaired) electrons. The van der Waals surface area contributed by atoms with Crippen molar-refractivity contribution < 1.29 is 19.4 Å². The first-order chi connectivity index (χ1) is 9.15. The van der Waals surface area contributed by atoms with Crippen LogP contribution < -0.4 is 5.32 Å². The van der Waals surface area contributed by atoms with Gasteiger partial charge in [0.15, 0.2) is 0 Å². The number of carboxylic acid groups (broad SMARTS) is 1. The number of aromatic nitrogens is 1. The Balaban J connectivity index is 2.33. The van der Waals surface area contributed by atoms with Gasteiger partial charge in [0, 0.05) is 12.7 Å². The summed E-state index contributed by atoms with van der Waals surface area (Å²) in [6, 6.07) is 2.71. The van der Waals surface area contributed by atoms with E-state index >= 15 is 0 Å². The molecule has 102 valence electrons. The molecule has 6 heteroatoms. The third-order valence-electron chi connectivity index (χ3n) is 2.24. The summed E-state index contributed by atoms with van der Waals surface area (Å²) in [7, 11) is 0. The van der Waals surface area contributed by atoms with Crippen molar-refractivity contribution in [3.63, 3.8) is 0 Å². The van der Waals surface area contributed by atoms with E-state index in [1.54, 1.807) is 6.08 Å². The molecule has 0 aliphatic carbocycles. The lowest BCUT2D eigenvalue weighted by Crippen LogP contribution is -2.27. The fourth-order valence-corrected chi connectivity index (χ4v) is 1.26. The monoisotopic (exact) mass is 264 g/mol. The Labute approximate surface area is 111 Å². The number of carboxylic acids is 1. The summed E-state index contributed by atoms with van der Waals surface area (Å²) in [5.41, 5.74) is 0.223. The van der Waals surface area contributed by atoms with Crippen LogP contribution in [0.5, 0.6) is 0 Å². The van der Waals surface area contributed by atoms with E-state index in [2.05, 4.69) is 16.9 Å². The maximum absolute atomic E-state index is 11.6. The number of carbonyl (C=O) groups excluding carboxylic acids is 1. The third-order valence-corrected chi connectivity index (χ3v) is 2.24. The van der Waals surface area contributed by atoms with Crippen LogP contribution in [0.15, 0.2) is 31.0 Å². The fraction of sp³-hybridized carbons (Fsp3) is 0.308. The van der Waals surface area contributed by atoms with Crippen LogP contribution in [0.2, 0.25) is 0 Å². The van der Waals surface area contributed by atoms with Crippen molar-refractivity contribution >= 4 is 11.9 Å². The number of nitrogens with zero attached hydrogens (tertiary/aromatic N) is 1. The molecule has 6 nitrogen and oxygen atoms in total. The lowest BCUT2D eigenvalue weighted by molar-refractivity contribution is 0.0689. The predicted molar refractivity (Wildman–Crippen MR) is 69.2 cm³/mol. The quantitative estimate of drug-likeness (QED) is 0.542. The van der Waals surface area contributed by atoms with Gasteiger partial charge in [0.2, 0.25) is 0 Å². The van der Waals surface area contributed by atoms with Gasteiger partial charge in [-0.2, -0.15) is 0 Å². The Morgan fingerprint density at radius 3 is 2.79 bits per heavy atom. The van der Waals surface area contributed by atoms with Crippen molar-refractivity contribution in [1.82, 2.24) is 10.3 Å². The van der Waals surface area contributed by atoms with Crippen LogP contribution in [0.25, 0.3) is 0 Å². The number of carbonyl (C=O) groups is 2.